The highest BCUT2D eigenvalue weighted by Crippen LogP contribution is 2.40. The number of methoxy groups -OCH3 is 1. The normalized spacial score (nSPS) is 15.1. The Balaban J connectivity index is 1.91. The second kappa shape index (κ2) is 9.37. The highest BCUT2D eigenvalue weighted by molar-refractivity contribution is 7.90. The van der Waals surface area contributed by atoms with Gasteiger partial charge in [-0.05, 0) is 18.2 Å². The number of rotatable bonds is 6. The standard InChI is InChI=1S/C20H17ClF6N2O5S/c1-33-17-14(35(2,31)32)4-3-13(34-9-19(22,23)24)15(17)18(30)29-7-10(8-29)16-12(21)5-11(6-28-16)20(25,26)27/h3-6,10H,7-9H2,1-2H3. The Hall–Kier alpha value is -2.74. The van der Waals surface area contributed by atoms with Crippen LogP contribution in [0.5, 0.6) is 11.5 Å². The van der Waals surface area contributed by atoms with Crippen LogP contribution in [-0.2, 0) is 16.0 Å². The highest BCUT2D eigenvalue weighted by atomic mass is 35.5. The van der Waals surface area contributed by atoms with E-state index in [4.69, 9.17) is 21.1 Å². The quantitative estimate of drug-likeness (QED) is 0.501. The maximum absolute atomic E-state index is 13.2. The van der Waals surface area contributed by atoms with E-state index in [0.717, 1.165) is 30.4 Å². The van der Waals surface area contributed by atoms with Crippen molar-refractivity contribution >= 4 is 27.3 Å². The maximum Gasteiger partial charge on any atom is 0.422 e. The van der Waals surface area contributed by atoms with Crippen molar-refractivity contribution in [1.29, 1.82) is 0 Å². The van der Waals surface area contributed by atoms with Crippen LogP contribution in [0.3, 0.4) is 0 Å². The first kappa shape index (κ1) is 26.9. The first-order valence-electron chi connectivity index (χ1n) is 9.65. The Morgan fingerprint density at radius 3 is 2.31 bits per heavy atom. The van der Waals surface area contributed by atoms with Gasteiger partial charge >= 0.3 is 12.4 Å². The molecule has 0 atom stereocenters. The molecule has 0 unspecified atom stereocenters. The molecule has 2 heterocycles. The fourth-order valence-corrected chi connectivity index (χ4v) is 4.56. The summed E-state index contributed by atoms with van der Waals surface area (Å²) in [4.78, 5) is 17.6. The molecule has 0 aliphatic carbocycles. The number of halogens is 7. The fraction of sp³-hybridized carbons (Fsp3) is 0.400. The number of benzene rings is 1. The Labute approximate surface area is 200 Å². The van der Waals surface area contributed by atoms with E-state index in [1.54, 1.807) is 0 Å². The van der Waals surface area contributed by atoms with Crippen molar-refractivity contribution in [3.05, 3.63) is 46.2 Å². The van der Waals surface area contributed by atoms with Gasteiger partial charge in [-0.3, -0.25) is 9.78 Å². The van der Waals surface area contributed by atoms with Crippen molar-refractivity contribution in [1.82, 2.24) is 9.88 Å². The smallest absolute Gasteiger partial charge is 0.422 e. The van der Waals surface area contributed by atoms with Gasteiger partial charge in [0.2, 0.25) is 0 Å². The molecule has 1 aliphatic heterocycles. The number of likely N-dealkylation sites (tertiary alicyclic amines) is 1. The van der Waals surface area contributed by atoms with Crippen LogP contribution in [0.15, 0.2) is 29.3 Å². The average Bonchev–Trinajstić information content (AvgIpc) is 2.69. The van der Waals surface area contributed by atoms with E-state index < -0.39 is 68.1 Å². The van der Waals surface area contributed by atoms with E-state index in [2.05, 4.69) is 4.98 Å². The first-order valence-corrected chi connectivity index (χ1v) is 11.9. The summed E-state index contributed by atoms with van der Waals surface area (Å²) < 4.78 is 111. The van der Waals surface area contributed by atoms with E-state index in [9.17, 15) is 39.6 Å². The average molecular weight is 547 g/mol. The van der Waals surface area contributed by atoms with Crippen molar-refractivity contribution in [2.75, 3.05) is 33.1 Å². The molecular formula is C20H17ClF6N2O5S. The lowest BCUT2D eigenvalue weighted by Gasteiger charge is -2.39. The minimum Gasteiger partial charge on any atom is -0.494 e. The molecule has 0 spiro atoms. The van der Waals surface area contributed by atoms with Crippen LogP contribution < -0.4 is 9.47 Å². The third-order valence-electron chi connectivity index (χ3n) is 5.04. The number of aromatic nitrogens is 1. The topological polar surface area (TPSA) is 85.8 Å². The van der Waals surface area contributed by atoms with Crippen LogP contribution in [0, 0.1) is 0 Å². The van der Waals surface area contributed by atoms with Crippen LogP contribution in [0.2, 0.25) is 5.02 Å². The number of carbonyl (C=O) groups is 1. The summed E-state index contributed by atoms with van der Waals surface area (Å²) in [5, 5.41) is -0.261. The van der Waals surface area contributed by atoms with Gasteiger partial charge in [0.15, 0.2) is 22.2 Å². The van der Waals surface area contributed by atoms with Crippen LogP contribution >= 0.6 is 11.6 Å². The summed E-state index contributed by atoms with van der Waals surface area (Å²) in [6.07, 6.45) is -7.96. The van der Waals surface area contributed by atoms with Gasteiger partial charge in [0, 0.05) is 31.5 Å². The molecule has 1 aliphatic rings. The molecular weight excluding hydrogens is 530 g/mol. The SMILES string of the molecule is COc1c(S(C)(=O)=O)ccc(OCC(F)(F)F)c1C(=O)N1CC(c2ncc(C(F)(F)F)cc2Cl)C1. The molecule has 15 heteroatoms. The van der Waals surface area contributed by atoms with Gasteiger partial charge in [0.05, 0.1) is 23.4 Å². The summed E-state index contributed by atoms with van der Waals surface area (Å²) in [5.41, 5.74) is -1.48. The number of amides is 1. The zero-order valence-corrected chi connectivity index (χ0v) is 19.6. The van der Waals surface area contributed by atoms with Crippen LogP contribution in [-0.4, -0.2) is 63.4 Å². The lowest BCUT2D eigenvalue weighted by atomic mass is 9.94. The molecule has 3 rings (SSSR count). The van der Waals surface area contributed by atoms with Gasteiger partial charge in [0.1, 0.15) is 16.2 Å². The molecule has 1 fully saturated rings. The van der Waals surface area contributed by atoms with E-state index in [1.807, 2.05) is 0 Å². The lowest BCUT2D eigenvalue weighted by Crippen LogP contribution is -2.49. The second-order valence-electron chi connectivity index (χ2n) is 7.64. The highest BCUT2D eigenvalue weighted by Gasteiger charge is 2.39. The predicted octanol–water partition coefficient (Wildman–Crippen LogP) is 4.35. The molecule has 0 saturated carbocycles. The molecule has 1 saturated heterocycles. The number of ether oxygens (including phenoxy) is 2. The van der Waals surface area contributed by atoms with Crippen molar-refractivity contribution in [2.24, 2.45) is 0 Å². The summed E-state index contributed by atoms with van der Waals surface area (Å²) >= 11 is 5.94. The maximum atomic E-state index is 13.2. The molecule has 192 valence electrons. The lowest BCUT2D eigenvalue weighted by molar-refractivity contribution is -0.153. The minimum absolute atomic E-state index is 0.0954. The van der Waals surface area contributed by atoms with Gasteiger partial charge in [-0.1, -0.05) is 11.6 Å². The molecule has 0 bridgehead atoms. The Morgan fingerprint density at radius 2 is 1.83 bits per heavy atom. The van der Waals surface area contributed by atoms with Crippen molar-refractivity contribution in [3.8, 4) is 11.5 Å². The Kier molecular flexibility index (Phi) is 7.19. The summed E-state index contributed by atoms with van der Waals surface area (Å²) in [6.45, 7) is -1.94. The minimum atomic E-state index is -4.74. The van der Waals surface area contributed by atoms with Gasteiger partial charge in [0.25, 0.3) is 5.91 Å². The van der Waals surface area contributed by atoms with E-state index >= 15 is 0 Å². The number of pyridine rings is 1. The zero-order valence-electron chi connectivity index (χ0n) is 18.0. The zero-order chi connectivity index (χ0) is 26.3. The number of alkyl halides is 6. The van der Waals surface area contributed by atoms with Gasteiger partial charge < -0.3 is 14.4 Å². The Bertz CT molecular complexity index is 1240. The molecule has 1 amide bonds. The number of sulfone groups is 1. The summed E-state index contributed by atoms with van der Waals surface area (Å²) in [5.74, 6) is -2.50. The van der Waals surface area contributed by atoms with Crippen molar-refractivity contribution in [2.45, 2.75) is 23.2 Å². The molecule has 0 N–H and O–H groups in total. The van der Waals surface area contributed by atoms with E-state index in [1.165, 1.54) is 0 Å². The molecule has 7 nitrogen and oxygen atoms in total. The van der Waals surface area contributed by atoms with Crippen LogP contribution in [0.1, 0.15) is 27.5 Å². The number of nitrogens with zero attached hydrogens (tertiary/aromatic N) is 2. The number of hydrogen-bond acceptors (Lipinski definition) is 6. The number of hydrogen-bond donors (Lipinski definition) is 0. The van der Waals surface area contributed by atoms with Crippen molar-refractivity contribution < 1.29 is 49.0 Å². The van der Waals surface area contributed by atoms with E-state index in [0.29, 0.717) is 12.3 Å². The van der Waals surface area contributed by atoms with Gasteiger partial charge in [-0.2, -0.15) is 26.3 Å². The van der Waals surface area contributed by atoms with Crippen LogP contribution in [0.4, 0.5) is 26.3 Å². The van der Waals surface area contributed by atoms with Gasteiger partial charge in [-0.15, -0.1) is 0 Å². The number of carbonyl (C=O) groups excluding carboxylic acids is 1. The third kappa shape index (κ3) is 5.92. The van der Waals surface area contributed by atoms with Crippen molar-refractivity contribution in [3.63, 3.8) is 0 Å². The molecule has 0 radical (unpaired) electrons. The first-order chi connectivity index (χ1) is 16.0. The molecule has 35 heavy (non-hydrogen) atoms. The van der Waals surface area contributed by atoms with Crippen LogP contribution in [0.25, 0.3) is 0 Å². The summed E-state index contributed by atoms with van der Waals surface area (Å²) in [7, 11) is -2.90. The Morgan fingerprint density at radius 1 is 1.20 bits per heavy atom. The molecule has 2 aromatic rings. The third-order valence-corrected chi connectivity index (χ3v) is 6.47. The predicted molar refractivity (Wildman–Crippen MR) is 111 cm³/mol. The van der Waals surface area contributed by atoms with Gasteiger partial charge in [-0.25, -0.2) is 8.42 Å². The largest absolute Gasteiger partial charge is 0.494 e. The molecule has 1 aromatic heterocycles. The molecule has 1 aromatic carbocycles. The summed E-state index contributed by atoms with van der Waals surface area (Å²) in [6, 6.07) is 2.58. The van der Waals surface area contributed by atoms with E-state index in [-0.39, 0.29) is 23.8 Å². The second-order valence-corrected chi connectivity index (χ2v) is 10.0. The fourth-order valence-electron chi connectivity index (χ4n) is 3.40. The monoisotopic (exact) mass is 546 g/mol.